The Morgan fingerprint density at radius 3 is 2.14 bits per heavy atom. The normalized spacial score (nSPS) is 15.5. The van der Waals surface area contributed by atoms with Gasteiger partial charge < -0.3 is 10.0 Å². The fourth-order valence-electron chi connectivity index (χ4n) is 3.15. The van der Waals surface area contributed by atoms with Gasteiger partial charge in [-0.15, -0.1) is 0 Å². The molecule has 0 radical (unpaired) electrons. The van der Waals surface area contributed by atoms with Crippen LogP contribution >= 0.6 is 0 Å². The molecule has 1 N–H and O–H groups in total. The number of halogens is 3. The van der Waals surface area contributed by atoms with Gasteiger partial charge in [-0.1, -0.05) is 12.1 Å². The van der Waals surface area contributed by atoms with Crippen LogP contribution in [-0.4, -0.2) is 53.0 Å². The predicted molar refractivity (Wildman–Crippen MR) is 96.0 cm³/mol. The van der Waals surface area contributed by atoms with Crippen LogP contribution in [0, 0.1) is 0 Å². The van der Waals surface area contributed by atoms with Crippen LogP contribution < -0.4 is 0 Å². The number of carbonyl (C=O) groups is 2. The molecule has 28 heavy (non-hydrogen) atoms. The van der Waals surface area contributed by atoms with Gasteiger partial charge in [-0.05, 0) is 42.0 Å². The van der Waals surface area contributed by atoms with Gasteiger partial charge in [0.15, 0.2) is 0 Å². The van der Waals surface area contributed by atoms with E-state index in [1.807, 2.05) is 6.07 Å². The van der Waals surface area contributed by atoms with E-state index < -0.39 is 17.7 Å². The molecule has 1 aliphatic heterocycles. The van der Waals surface area contributed by atoms with Crippen molar-refractivity contribution in [2.45, 2.75) is 12.7 Å². The Kier molecular flexibility index (Phi) is 5.69. The Morgan fingerprint density at radius 2 is 1.57 bits per heavy atom. The number of nitrogens with zero attached hydrogens (tertiary/aromatic N) is 2. The van der Waals surface area contributed by atoms with Gasteiger partial charge in [0.1, 0.15) is 0 Å². The van der Waals surface area contributed by atoms with Crippen LogP contribution in [0.5, 0.6) is 0 Å². The molecule has 2 aromatic carbocycles. The number of piperazine rings is 1. The van der Waals surface area contributed by atoms with Gasteiger partial charge in [0.25, 0.3) is 5.91 Å². The molecule has 0 aliphatic carbocycles. The number of aromatic carboxylic acids is 1. The smallest absolute Gasteiger partial charge is 0.416 e. The molecule has 5 nitrogen and oxygen atoms in total. The molecule has 0 spiro atoms. The lowest BCUT2D eigenvalue weighted by Crippen LogP contribution is -2.48. The molecular weight excluding hydrogens is 373 g/mol. The van der Waals surface area contributed by atoms with Crippen molar-refractivity contribution in [2.24, 2.45) is 0 Å². The highest BCUT2D eigenvalue weighted by Crippen LogP contribution is 2.29. The van der Waals surface area contributed by atoms with Crippen molar-refractivity contribution < 1.29 is 27.9 Å². The summed E-state index contributed by atoms with van der Waals surface area (Å²) in [6, 6.07) is 11.0. The molecule has 0 aromatic heterocycles. The van der Waals surface area contributed by atoms with E-state index in [0.29, 0.717) is 32.7 Å². The van der Waals surface area contributed by atoms with Crippen LogP contribution in [0.2, 0.25) is 0 Å². The maximum Gasteiger partial charge on any atom is 0.416 e. The SMILES string of the molecule is O=C(O)c1cccc(CN2CCN(C(=O)c3ccc(C(F)(F)F)cc3)CC2)c1. The summed E-state index contributed by atoms with van der Waals surface area (Å²) in [7, 11) is 0. The maximum atomic E-state index is 12.6. The topological polar surface area (TPSA) is 60.9 Å². The Bertz CT molecular complexity index is 858. The quantitative estimate of drug-likeness (QED) is 0.867. The van der Waals surface area contributed by atoms with Crippen molar-refractivity contribution >= 4 is 11.9 Å². The first-order valence-corrected chi connectivity index (χ1v) is 8.75. The average molecular weight is 392 g/mol. The molecule has 1 saturated heterocycles. The van der Waals surface area contributed by atoms with Crippen molar-refractivity contribution in [1.29, 1.82) is 0 Å². The summed E-state index contributed by atoms with van der Waals surface area (Å²) in [4.78, 5) is 27.3. The zero-order chi connectivity index (χ0) is 20.3. The second-order valence-corrected chi connectivity index (χ2v) is 6.65. The Morgan fingerprint density at radius 1 is 0.929 bits per heavy atom. The number of rotatable bonds is 4. The van der Waals surface area contributed by atoms with Crippen LogP contribution in [0.1, 0.15) is 31.8 Å². The number of hydrogen-bond acceptors (Lipinski definition) is 3. The van der Waals surface area contributed by atoms with Gasteiger partial charge >= 0.3 is 12.1 Å². The van der Waals surface area contributed by atoms with E-state index >= 15 is 0 Å². The van der Waals surface area contributed by atoms with Gasteiger partial charge in [-0.3, -0.25) is 9.69 Å². The van der Waals surface area contributed by atoms with E-state index in [-0.39, 0.29) is 17.0 Å². The zero-order valence-corrected chi connectivity index (χ0v) is 14.9. The number of carboxylic acids is 1. The third-order valence-electron chi connectivity index (χ3n) is 4.70. The fraction of sp³-hybridized carbons (Fsp3) is 0.300. The summed E-state index contributed by atoms with van der Waals surface area (Å²) in [6.45, 7) is 2.69. The first-order chi connectivity index (χ1) is 13.2. The van der Waals surface area contributed by atoms with Crippen LogP contribution in [0.4, 0.5) is 13.2 Å². The van der Waals surface area contributed by atoms with Gasteiger partial charge in [-0.25, -0.2) is 4.79 Å². The summed E-state index contributed by atoms with van der Waals surface area (Å²) in [5.74, 6) is -1.27. The minimum atomic E-state index is -4.43. The molecule has 0 unspecified atom stereocenters. The second-order valence-electron chi connectivity index (χ2n) is 6.65. The first-order valence-electron chi connectivity index (χ1n) is 8.75. The number of hydrogen-bond donors (Lipinski definition) is 1. The highest BCUT2D eigenvalue weighted by atomic mass is 19.4. The largest absolute Gasteiger partial charge is 0.478 e. The van der Waals surface area contributed by atoms with E-state index in [0.717, 1.165) is 17.7 Å². The maximum absolute atomic E-state index is 12.6. The molecule has 0 saturated carbocycles. The van der Waals surface area contributed by atoms with E-state index in [2.05, 4.69) is 4.90 Å². The first kappa shape index (κ1) is 19.9. The molecule has 0 atom stereocenters. The van der Waals surface area contributed by atoms with Gasteiger partial charge in [-0.2, -0.15) is 13.2 Å². The van der Waals surface area contributed by atoms with Gasteiger partial charge in [0, 0.05) is 38.3 Å². The van der Waals surface area contributed by atoms with Crippen LogP contribution in [-0.2, 0) is 12.7 Å². The third-order valence-corrected chi connectivity index (χ3v) is 4.70. The fourth-order valence-corrected chi connectivity index (χ4v) is 3.15. The van der Waals surface area contributed by atoms with Gasteiger partial charge in [0.05, 0.1) is 11.1 Å². The van der Waals surface area contributed by atoms with Crippen LogP contribution in [0.25, 0.3) is 0 Å². The Balaban J connectivity index is 1.57. The van der Waals surface area contributed by atoms with Crippen molar-refractivity contribution in [3.8, 4) is 0 Å². The lowest BCUT2D eigenvalue weighted by atomic mass is 10.1. The predicted octanol–water partition coefficient (Wildman–Crippen LogP) is 3.36. The van der Waals surface area contributed by atoms with Crippen molar-refractivity contribution in [3.05, 3.63) is 70.8 Å². The molecule has 1 heterocycles. The molecule has 148 valence electrons. The Hall–Kier alpha value is -2.87. The lowest BCUT2D eigenvalue weighted by molar-refractivity contribution is -0.137. The van der Waals surface area contributed by atoms with E-state index in [4.69, 9.17) is 5.11 Å². The molecule has 3 rings (SSSR count). The minimum absolute atomic E-state index is 0.230. The zero-order valence-electron chi connectivity index (χ0n) is 14.9. The highest BCUT2D eigenvalue weighted by molar-refractivity contribution is 5.94. The molecule has 8 heteroatoms. The van der Waals surface area contributed by atoms with Crippen molar-refractivity contribution in [2.75, 3.05) is 26.2 Å². The molecular formula is C20H19F3N2O3. The van der Waals surface area contributed by atoms with E-state index in [9.17, 15) is 22.8 Å². The minimum Gasteiger partial charge on any atom is -0.478 e. The highest BCUT2D eigenvalue weighted by Gasteiger charge is 2.30. The number of carbonyl (C=O) groups excluding carboxylic acids is 1. The third kappa shape index (κ3) is 4.69. The number of amides is 1. The number of carboxylic acid groups (broad SMARTS) is 1. The summed E-state index contributed by atoms with van der Waals surface area (Å²) >= 11 is 0. The summed E-state index contributed by atoms with van der Waals surface area (Å²) < 4.78 is 37.9. The lowest BCUT2D eigenvalue weighted by Gasteiger charge is -2.34. The molecule has 1 fully saturated rings. The van der Waals surface area contributed by atoms with E-state index in [1.54, 1.807) is 17.0 Å². The average Bonchev–Trinajstić information content (AvgIpc) is 2.68. The summed E-state index contributed by atoms with van der Waals surface area (Å²) in [5.41, 5.74) is 0.559. The van der Waals surface area contributed by atoms with E-state index in [1.165, 1.54) is 18.2 Å². The standard InChI is InChI=1S/C20H19F3N2O3/c21-20(22,23)17-6-4-15(5-7-17)18(26)25-10-8-24(9-11-25)13-14-2-1-3-16(12-14)19(27)28/h1-7,12H,8-11,13H2,(H,27,28). The molecule has 0 bridgehead atoms. The Labute approximate surface area is 160 Å². The number of benzene rings is 2. The molecule has 2 aromatic rings. The molecule has 1 amide bonds. The monoisotopic (exact) mass is 392 g/mol. The van der Waals surface area contributed by atoms with Crippen molar-refractivity contribution in [3.63, 3.8) is 0 Å². The molecule has 1 aliphatic rings. The summed E-state index contributed by atoms with van der Waals surface area (Å²) in [5, 5.41) is 9.06. The second kappa shape index (κ2) is 8.02. The van der Waals surface area contributed by atoms with Gasteiger partial charge in [0.2, 0.25) is 0 Å². The van der Waals surface area contributed by atoms with Crippen LogP contribution in [0.3, 0.4) is 0 Å². The van der Waals surface area contributed by atoms with Crippen molar-refractivity contribution in [1.82, 2.24) is 9.80 Å². The summed E-state index contributed by atoms with van der Waals surface area (Å²) in [6.07, 6.45) is -4.43. The number of alkyl halides is 3. The van der Waals surface area contributed by atoms with Crippen LogP contribution in [0.15, 0.2) is 48.5 Å².